The van der Waals surface area contributed by atoms with Crippen molar-refractivity contribution in [3.63, 3.8) is 0 Å². The van der Waals surface area contributed by atoms with Crippen molar-refractivity contribution in [1.82, 2.24) is 5.32 Å². The Hall–Kier alpha value is -1.57. The van der Waals surface area contributed by atoms with Crippen LogP contribution < -0.4 is 5.32 Å². The Bertz CT molecular complexity index is 443. The summed E-state index contributed by atoms with van der Waals surface area (Å²) in [6.45, 7) is 12.6. The fourth-order valence-corrected chi connectivity index (χ4v) is 2.36. The number of halogens is 1. The van der Waals surface area contributed by atoms with Gasteiger partial charge in [-0.1, -0.05) is 39.1 Å². The van der Waals surface area contributed by atoms with Crippen LogP contribution in [0.15, 0.2) is 43.1 Å². The van der Waals surface area contributed by atoms with Crippen molar-refractivity contribution in [2.24, 2.45) is 0 Å². The monoisotopic (exact) mass is 289 g/mol. The van der Waals surface area contributed by atoms with Crippen LogP contribution in [0.25, 0.3) is 5.57 Å². The van der Waals surface area contributed by atoms with Crippen LogP contribution in [0.4, 0.5) is 4.39 Å². The molecule has 0 atom stereocenters. The fourth-order valence-electron chi connectivity index (χ4n) is 2.36. The van der Waals surface area contributed by atoms with E-state index < -0.39 is 0 Å². The molecule has 0 aliphatic carbocycles. The molecule has 0 aliphatic heterocycles. The molecule has 2 heteroatoms. The molecule has 0 spiro atoms. The molecule has 1 aromatic rings. The molecule has 0 aromatic heterocycles. The van der Waals surface area contributed by atoms with Crippen molar-refractivity contribution in [1.29, 1.82) is 0 Å². The van der Waals surface area contributed by atoms with Crippen LogP contribution in [-0.4, -0.2) is 6.04 Å². The van der Waals surface area contributed by atoms with Gasteiger partial charge >= 0.3 is 0 Å². The summed E-state index contributed by atoms with van der Waals surface area (Å²) in [5, 5.41) is 3.48. The maximum absolute atomic E-state index is 12.9. The Kier molecular flexibility index (Phi) is 7.81. The summed E-state index contributed by atoms with van der Waals surface area (Å²) in [7, 11) is 0. The van der Waals surface area contributed by atoms with Crippen LogP contribution in [0, 0.1) is 5.82 Å². The van der Waals surface area contributed by atoms with Crippen LogP contribution in [-0.2, 0) is 0 Å². The Morgan fingerprint density at radius 1 is 1.05 bits per heavy atom. The third-order valence-corrected chi connectivity index (χ3v) is 3.85. The largest absolute Gasteiger partial charge is 0.386 e. The van der Waals surface area contributed by atoms with Crippen LogP contribution in [0.5, 0.6) is 0 Å². The molecular formula is C19H28FN. The molecule has 0 radical (unpaired) electrons. The standard InChI is InChI=1S/C19H28FN/c1-5-19(6-2)21-16(4)10-8-7-9-15(3)17-11-13-18(20)14-12-17/h11-14,19,21H,3-10H2,1-2H3. The van der Waals surface area contributed by atoms with E-state index in [1.807, 2.05) is 0 Å². The molecule has 1 nitrogen and oxygen atoms in total. The maximum atomic E-state index is 12.9. The fraction of sp³-hybridized carbons (Fsp3) is 0.474. The van der Waals surface area contributed by atoms with E-state index in [-0.39, 0.29) is 5.82 Å². The highest BCUT2D eigenvalue weighted by Crippen LogP contribution is 2.20. The average molecular weight is 289 g/mol. The summed E-state index contributed by atoms with van der Waals surface area (Å²) in [5.41, 5.74) is 3.25. The Morgan fingerprint density at radius 2 is 1.62 bits per heavy atom. The lowest BCUT2D eigenvalue weighted by atomic mass is 10.0. The van der Waals surface area contributed by atoms with Gasteiger partial charge in [-0.15, -0.1) is 0 Å². The summed E-state index contributed by atoms with van der Waals surface area (Å²) in [5.74, 6) is -0.199. The smallest absolute Gasteiger partial charge is 0.123 e. The molecule has 21 heavy (non-hydrogen) atoms. The van der Waals surface area contributed by atoms with Gasteiger partial charge in [0.25, 0.3) is 0 Å². The van der Waals surface area contributed by atoms with Gasteiger partial charge in [-0.3, -0.25) is 0 Å². The van der Waals surface area contributed by atoms with E-state index in [1.165, 1.54) is 12.1 Å². The highest BCUT2D eigenvalue weighted by atomic mass is 19.1. The van der Waals surface area contributed by atoms with Crippen LogP contribution >= 0.6 is 0 Å². The lowest BCUT2D eigenvalue weighted by molar-refractivity contribution is 0.518. The lowest BCUT2D eigenvalue weighted by Gasteiger charge is -2.18. The predicted molar refractivity (Wildman–Crippen MR) is 90.5 cm³/mol. The number of benzene rings is 1. The van der Waals surface area contributed by atoms with Gasteiger partial charge in [0, 0.05) is 11.7 Å². The van der Waals surface area contributed by atoms with Gasteiger partial charge in [0.05, 0.1) is 0 Å². The van der Waals surface area contributed by atoms with E-state index in [1.54, 1.807) is 12.1 Å². The van der Waals surface area contributed by atoms with Gasteiger partial charge in [0.1, 0.15) is 5.82 Å². The summed E-state index contributed by atoms with van der Waals surface area (Å²) in [4.78, 5) is 0. The number of unbranched alkanes of at least 4 members (excludes halogenated alkanes) is 1. The predicted octanol–water partition coefficient (Wildman–Crippen LogP) is 5.69. The zero-order valence-corrected chi connectivity index (χ0v) is 13.4. The van der Waals surface area contributed by atoms with Crippen LogP contribution in [0.2, 0.25) is 0 Å². The van der Waals surface area contributed by atoms with E-state index in [0.29, 0.717) is 6.04 Å². The molecule has 1 aromatic carbocycles. The molecule has 0 heterocycles. The third kappa shape index (κ3) is 6.61. The average Bonchev–Trinajstić information content (AvgIpc) is 2.49. The summed E-state index contributed by atoms with van der Waals surface area (Å²) >= 11 is 0. The third-order valence-electron chi connectivity index (χ3n) is 3.85. The van der Waals surface area contributed by atoms with E-state index >= 15 is 0 Å². The number of nitrogens with one attached hydrogen (secondary N) is 1. The highest BCUT2D eigenvalue weighted by molar-refractivity contribution is 5.62. The van der Waals surface area contributed by atoms with E-state index in [9.17, 15) is 4.39 Å². The number of hydrogen-bond donors (Lipinski definition) is 1. The molecule has 0 bridgehead atoms. The van der Waals surface area contributed by atoms with Crippen molar-refractivity contribution >= 4 is 5.57 Å². The summed E-state index contributed by atoms with van der Waals surface area (Å²) < 4.78 is 12.9. The normalized spacial score (nSPS) is 10.7. The quantitative estimate of drug-likeness (QED) is 0.545. The maximum Gasteiger partial charge on any atom is 0.123 e. The SMILES string of the molecule is C=C(CCCCC(=C)c1ccc(F)cc1)NC(CC)CC. The molecule has 0 unspecified atom stereocenters. The highest BCUT2D eigenvalue weighted by Gasteiger charge is 2.04. The van der Waals surface area contributed by atoms with E-state index in [4.69, 9.17) is 0 Å². The molecule has 0 aliphatic rings. The molecule has 0 saturated carbocycles. The molecule has 0 amide bonds. The van der Waals surface area contributed by atoms with Crippen molar-refractivity contribution < 1.29 is 4.39 Å². The zero-order valence-electron chi connectivity index (χ0n) is 13.4. The molecule has 1 N–H and O–H groups in total. The second kappa shape index (κ2) is 9.38. The van der Waals surface area contributed by atoms with Gasteiger partial charge in [-0.25, -0.2) is 4.39 Å². The van der Waals surface area contributed by atoms with Crippen molar-refractivity contribution in [3.05, 3.63) is 54.5 Å². The number of hydrogen-bond acceptors (Lipinski definition) is 1. The molecule has 0 saturated heterocycles. The van der Waals surface area contributed by atoms with Gasteiger partial charge in [0.2, 0.25) is 0 Å². The van der Waals surface area contributed by atoms with Gasteiger partial charge < -0.3 is 5.32 Å². The first-order valence-corrected chi connectivity index (χ1v) is 7.94. The first kappa shape index (κ1) is 17.5. The van der Waals surface area contributed by atoms with Gasteiger partial charge in [-0.2, -0.15) is 0 Å². The van der Waals surface area contributed by atoms with Crippen LogP contribution in [0.3, 0.4) is 0 Å². The Labute approximate surface area is 129 Å². The van der Waals surface area contributed by atoms with Crippen molar-refractivity contribution in [3.8, 4) is 0 Å². The van der Waals surface area contributed by atoms with Gasteiger partial charge in [-0.05, 0) is 61.8 Å². The zero-order chi connectivity index (χ0) is 15.7. The van der Waals surface area contributed by atoms with Gasteiger partial charge in [0.15, 0.2) is 0 Å². The summed E-state index contributed by atoms with van der Waals surface area (Å²) in [6, 6.07) is 7.12. The Balaban J connectivity index is 2.23. The molecule has 0 fully saturated rings. The van der Waals surface area contributed by atoms with Crippen LogP contribution in [0.1, 0.15) is 57.9 Å². The number of rotatable bonds is 10. The summed E-state index contributed by atoms with van der Waals surface area (Å²) in [6.07, 6.45) is 6.41. The minimum absolute atomic E-state index is 0.199. The molecule has 1 rings (SSSR count). The lowest BCUT2D eigenvalue weighted by Crippen LogP contribution is -2.26. The first-order valence-electron chi connectivity index (χ1n) is 7.94. The van der Waals surface area contributed by atoms with Crippen molar-refractivity contribution in [2.75, 3.05) is 0 Å². The minimum Gasteiger partial charge on any atom is -0.386 e. The van der Waals surface area contributed by atoms with E-state index in [0.717, 1.165) is 55.4 Å². The minimum atomic E-state index is -0.199. The molecular weight excluding hydrogens is 261 g/mol. The van der Waals surface area contributed by atoms with Crippen molar-refractivity contribution in [2.45, 2.75) is 58.4 Å². The first-order chi connectivity index (χ1) is 10.1. The Morgan fingerprint density at radius 3 is 2.19 bits per heavy atom. The number of allylic oxidation sites excluding steroid dienone is 2. The van der Waals surface area contributed by atoms with E-state index in [2.05, 4.69) is 32.3 Å². The second-order valence-electron chi connectivity index (χ2n) is 5.58. The topological polar surface area (TPSA) is 12.0 Å². The second-order valence-corrected chi connectivity index (χ2v) is 5.58. The molecule has 116 valence electrons.